The van der Waals surface area contributed by atoms with E-state index in [2.05, 4.69) is 32.3 Å². The highest BCUT2D eigenvalue weighted by atomic mass is 16.6. The van der Waals surface area contributed by atoms with Crippen LogP contribution >= 0.6 is 0 Å². The van der Waals surface area contributed by atoms with Gasteiger partial charge in [0, 0.05) is 17.5 Å². The van der Waals surface area contributed by atoms with Crippen molar-refractivity contribution in [1.82, 2.24) is 29.3 Å². The van der Waals surface area contributed by atoms with Gasteiger partial charge in [0.2, 0.25) is 5.78 Å². The summed E-state index contributed by atoms with van der Waals surface area (Å²) in [6, 6.07) is 15.7. The molecule has 0 amide bonds. The van der Waals surface area contributed by atoms with Crippen LogP contribution in [0.5, 0.6) is 0 Å². The van der Waals surface area contributed by atoms with Gasteiger partial charge in [-0.1, -0.05) is 72.2 Å². The average Bonchev–Trinajstić information content (AvgIpc) is 3.57. The van der Waals surface area contributed by atoms with Crippen molar-refractivity contribution in [1.29, 1.82) is 0 Å². The molecular formula is C30H33N7O4. The second-order valence-corrected chi connectivity index (χ2v) is 10.3. The predicted octanol–water partition coefficient (Wildman–Crippen LogP) is 4.55. The number of nitrogens with one attached hydrogen (secondary N) is 1. The molecule has 0 aliphatic rings. The number of fused-ring (bicyclic) bond motifs is 1. The number of H-pyrrole nitrogens is 1. The summed E-state index contributed by atoms with van der Waals surface area (Å²) in [7, 11) is 0. The molecule has 5 aromatic rings. The molecule has 0 aliphatic heterocycles. The second kappa shape index (κ2) is 11.7. The predicted molar refractivity (Wildman–Crippen MR) is 156 cm³/mol. The molecule has 0 radical (unpaired) electrons. The summed E-state index contributed by atoms with van der Waals surface area (Å²) >= 11 is 0. The van der Waals surface area contributed by atoms with E-state index in [-0.39, 0.29) is 18.2 Å². The molecule has 1 N–H and O–H groups in total. The Hall–Kier alpha value is -4.80. The minimum Gasteiger partial charge on any atom is -0.393 e. The van der Waals surface area contributed by atoms with Crippen molar-refractivity contribution in [2.45, 2.75) is 66.5 Å². The minimum atomic E-state index is -0.604. The molecule has 3 heterocycles. The van der Waals surface area contributed by atoms with Crippen LogP contribution in [0.15, 0.2) is 67.8 Å². The van der Waals surface area contributed by atoms with Gasteiger partial charge in [-0.2, -0.15) is 10.1 Å². The van der Waals surface area contributed by atoms with E-state index in [0.29, 0.717) is 41.5 Å². The van der Waals surface area contributed by atoms with Crippen molar-refractivity contribution in [3.63, 3.8) is 0 Å². The van der Waals surface area contributed by atoms with E-state index in [4.69, 9.17) is 9.36 Å². The molecule has 0 saturated heterocycles. The topological polar surface area (TPSA) is 133 Å². The molecule has 41 heavy (non-hydrogen) atoms. The molecule has 0 spiro atoms. The van der Waals surface area contributed by atoms with Crippen LogP contribution < -0.4 is 11.3 Å². The van der Waals surface area contributed by atoms with Gasteiger partial charge < -0.3 is 4.84 Å². The van der Waals surface area contributed by atoms with E-state index in [1.165, 1.54) is 0 Å². The normalized spacial score (nSPS) is 12.0. The van der Waals surface area contributed by atoms with Gasteiger partial charge in [-0.25, -0.2) is 9.31 Å². The van der Waals surface area contributed by atoms with Crippen molar-refractivity contribution in [2.24, 2.45) is 5.16 Å². The highest BCUT2D eigenvalue weighted by molar-refractivity contribution is 5.81. The lowest BCUT2D eigenvalue weighted by molar-refractivity contribution is 0.0852. The summed E-state index contributed by atoms with van der Waals surface area (Å²) in [6.45, 7) is 9.79. The van der Waals surface area contributed by atoms with Crippen molar-refractivity contribution < 1.29 is 9.36 Å². The standard InChI is InChI=1S/C30H33N7O4/c1-6-9-26-25(28(38)36(17-19(4)34-40-18(2)3)29-31-20(5)33-37(26)29)16-21-12-14-22(15-13-21)23-10-7-8-11-24(23)27-32-30(39)41-35-27/h7-8,10-15,18H,6,9,16-17H2,1-5H3,(H,32,35,39). The molecule has 11 nitrogen and oxygen atoms in total. The van der Waals surface area contributed by atoms with Gasteiger partial charge in [0.05, 0.1) is 18.0 Å². The summed E-state index contributed by atoms with van der Waals surface area (Å²) in [5.41, 5.74) is 5.66. The minimum absolute atomic E-state index is 0.0623. The molecular weight excluding hydrogens is 522 g/mol. The lowest BCUT2D eigenvalue weighted by Crippen LogP contribution is -2.31. The van der Waals surface area contributed by atoms with Gasteiger partial charge >= 0.3 is 5.76 Å². The lowest BCUT2D eigenvalue weighted by atomic mass is 9.96. The van der Waals surface area contributed by atoms with Crippen molar-refractivity contribution in [2.75, 3.05) is 0 Å². The molecule has 212 valence electrons. The van der Waals surface area contributed by atoms with E-state index in [9.17, 15) is 9.59 Å². The van der Waals surface area contributed by atoms with Crippen LogP contribution in [-0.2, 0) is 24.2 Å². The number of aromatic nitrogens is 6. The first kappa shape index (κ1) is 27.8. The molecule has 2 aromatic carbocycles. The van der Waals surface area contributed by atoms with Gasteiger partial charge in [0.25, 0.3) is 5.56 Å². The fourth-order valence-corrected chi connectivity index (χ4v) is 4.83. The largest absolute Gasteiger partial charge is 0.439 e. The summed E-state index contributed by atoms with van der Waals surface area (Å²) in [5, 5.41) is 12.7. The second-order valence-electron chi connectivity index (χ2n) is 10.3. The maximum Gasteiger partial charge on any atom is 0.439 e. The fraction of sp³-hybridized carbons (Fsp3) is 0.333. The molecule has 3 aromatic heterocycles. The number of rotatable bonds is 10. The smallest absolute Gasteiger partial charge is 0.393 e. The molecule has 0 fully saturated rings. The summed E-state index contributed by atoms with van der Waals surface area (Å²) in [5.74, 6) is 0.856. The van der Waals surface area contributed by atoms with E-state index in [0.717, 1.165) is 34.4 Å². The summed E-state index contributed by atoms with van der Waals surface area (Å²) in [4.78, 5) is 38.1. The van der Waals surface area contributed by atoms with Crippen LogP contribution in [0.2, 0.25) is 0 Å². The van der Waals surface area contributed by atoms with Crippen LogP contribution in [0.4, 0.5) is 0 Å². The van der Waals surface area contributed by atoms with Gasteiger partial charge in [0.1, 0.15) is 11.9 Å². The molecule has 11 heteroatoms. The maximum absolute atomic E-state index is 14.0. The third-order valence-corrected chi connectivity index (χ3v) is 6.61. The third-order valence-electron chi connectivity index (χ3n) is 6.61. The number of nitrogens with zero attached hydrogens (tertiary/aromatic N) is 6. The summed E-state index contributed by atoms with van der Waals surface area (Å²) in [6.07, 6.45) is 1.91. The Morgan fingerprint density at radius 2 is 1.83 bits per heavy atom. The number of aromatic amines is 1. The molecule has 0 atom stereocenters. The Morgan fingerprint density at radius 3 is 2.49 bits per heavy atom. The maximum atomic E-state index is 14.0. The number of benzene rings is 2. The highest BCUT2D eigenvalue weighted by Gasteiger charge is 2.20. The quantitative estimate of drug-likeness (QED) is 0.197. The first-order valence-corrected chi connectivity index (χ1v) is 13.7. The van der Waals surface area contributed by atoms with Crippen LogP contribution in [0.3, 0.4) is 0 Å². The molecule has 0 saturated carbocycles. The average molecular weight is 556 g/mol. The Kier molecular flexibility index (Phi) is 7.95. The van der Waals surface area contributed by atoms with E-state index in [1.807, 2.05) is 76.2 Å². The van der Waals surface area contributed by atoms with Crippen LogP contribution in [0.25, 0.3) is 28.3 Å². The number of hydrogen-bond acceptors (Lipinski definition) is 8. The van der Waals surface area contributed by atoms with Crippen LogP contribution in [0, 0.1) is 6.92 Å². The van der Waals surface area contributed by atoms with Gasteiger partial charge in [-0.3, -0.25) is 18.9 Å². The Balaban J connectivity index is 1.54. The number of oxime groups is 1. The molecule has 5 rings (SSSR count). The third kappa shape index (κ3) is 5.88. The van der Waals surface area contributed by atoms with Crippen molar-refractivity contribution in [3.05, 3.63) is 92.1 Å². The SMILES string of the molecule is CCCc1c(Cc2ccc(-c3ccccc3-c3noc(=O)[nH]3)cc2)c(=O)n(CC(C)=NOC(C)C)c2nc(C)nn12. The molecule has 0 unspecified atom stereocenters. The monoisotopic (exact) mass is 555 g/mol. The van der Waals surface area contributed by atoms with Crippen LogP contribution in [-0.4, -0.2) is 41.1 Å². The van der Waals surface area contributed by atoms with E-state index >= 15 is 0 Å². The lowest BCUT2D eigenvalue weighted by Gasteiger charge is -2.16. The van der Waals surface area contributed by atoms with Crippen molar-refractivity contribution >= 4 is 11.5 Å². The van der Waals surface area contributed by atoms with Gasteiger partial charge in [-0.15, -0.1) is 0 Å². The number of hydrogen-bond donors (Lipinski definition) is 1. The van der Waals surface area contributed by atoms with Crippen LogP contribution in [0.1, 0.15) is 56.8 Å². The van der Waals surface area contributed by atoms with E-state index < -0.39 is 5.76 Å². The Bertz CT molecular complexity index is 1820. The molecule has 0 aliphatic carbocycles. The van der Waals surface area contributed by atoms with E-state index in [1.54, 1.807) is 9.08 Å². The number of aryl methyl sites for hydroxylation is 2. The Labute approximate surface area is 236 Å². The zero-order chi connectivity index (χ0) is 29.1. The van der Waals surface area contributed by atoms with Gasteiger partial charge in [0.15, 0.2) is 5.82 Å². The first-order chi connectivity index (χ1) is 19.7. The highest BCUT2D eigenvalue weighted by Crippen LogP contribution is 2.30. The zero-order valence-corrected chi connectivity index (χ0v) is 23.8. The zero-order valence-electron chi connectivity index (χ0n) is 23.8. The Morgan fingerprint density at radius 1 is 1.10 bits per heavy atom. The molecule has 0 bridgehead atoms. The first-order valence-electron chi connectivity index (χ1n) is 13.7. The van der Waals surface area contributed by atoms with Crippen molar-refractivity contribution in [3.8, 4) is 22.5 Å². The fourth-order valence-electron chi connectivity index (χ4n) is 4.83. The summed E-state index contributed by atoms with van der Waals surface area (Å²) < 4.78 is 8.13. The van der Waals surface area contributed by atoms with Gasteiger partial charge in [-0.05, 0) is 50.8 Å².